The summed E-state index contributed by atoms with van der Waals surface area (Å²) in [5.74, 6) is -0.475. The number of ether oxygens (including phenoxy) is 1. The first-order valence-electron chi connectivity index (χ1n) is 10.2. The van der Waals surface area contributed by atoms with Crippen molar-refractivity contribution in [3.8, 4) is 0 Å². The predicted octanol–water partition coefficient (Wildman–Crippen LogP) is 6.72. The first kappa shape index (κ1) is 24.2. The highest BCUT2D eigenvalue weighted by molar-refractivity contribution is 6.33. The third-order valence-corrected chi connectivity index (χ3v) is 4.95. The van der Waals surface area contributed by atoms with Gasteiger partial charge in [-0.15, -0.1) is 0 Å². The van der Waals surface area contributed by atoms with Crippen LogP contribution in [0.3, 0.4) is 0 Å². The molecule has 4 heteroatoms. The number of benzene rings is 1. The van der Waals surface area contributed by atoms with Crippen LogP contribution >= 0.6 is 11.6 Å². The van der Waals surface area contributed by atoms with Crippen molar-refractivity contribution in [3.63, 3.8) is 0 Å². The molecule has 0 aliphatic rings. The van der Waals surface area contributed by atoms with Crippen LogP contribution in [-0.2, 0) is 16.0 Å². The molecule has 0 atom stereocenters. The molecule has 0 aliphatic carbocycles. The highest BCUT2D eigenvalue weighted by Gasteiger charge is 2.21. The number of rotatable bonds is 12. The van der Waals surface area contributed by atoms with Crippen molar-refractivity contribution in [2.45, 2.75) is 72.6 Å². The van der Waals surface area contributed by atoms with Gasteiger partial charge in [0.15, 0.2) is 5.78 Å². The van der Waals surface area contributed by atoms with E-state index < -0.39 is 5.97 Å². The number of hydrogen-bond donors (Lipinski definition) is 0. The zero-order valence-electron chi connectivity index (χ0n) is 17.6. The summed E-state index contributed by atoms with van der Waals surface area (Å²) in [5.41, 5.74) is 2.63. The summed E-state index contributed by atoms with van der Waals surface area (Å²) in [6, 6.07) is 1.86. The highest BCUT2D eigenvalue weighted by Crippen LogP contribution is 2.29. The SMILES string of the molecule is CCCC/C=C/CC/C=C/C(=O)Cc1c(Cl)c(C)cc(C)c1C(=O)OCCC. The van der Waals surface area contributed by atoms with Gasteiger partial charge in [0.25, 0.3) is 0 Å². The van der Waals surface area contributed by atoms with Crippen LogP contribution in [0.4, 0.5) is 0 Å². The zero-order valence-corrected chi connectivity index (χ0v) is 18.4. The molecule has 1 aromatic carbocycles. The molecule has 0 bridgehead atoms. The normalized spacial score (nSPS) is 11.5. The van der Waals surface area contributed by atoms with Gasteiger partial charge >= 0.3 is 5.97 Å². The van der Waals surface area contributed by atoms with Gasteiger partial charge in [-0.25, -0.2) is 4.79 Å². The number of halogens is 1. The van der Waals surface area contributed by atoms with E-state index in [4.69, 9.17) is 16.3 Å². The number of aryl methyl sites for hydroxylation is 2. The summed E-state index contributed by atoms with van der Waals surface area (Å²) in [5, 5.41) is 0.467. The van der Waals surface area contributed by atoms with Crippen molar-refractivity contribution in [1.82, 2.24) is 0 Å². The van der Waals surface area contributed by atoms with Crippen molar-refractivity contribution in [2.24, 2.45) is 0 Å². The van der Waals surface area contributed by atoms with Crippen LogP contribution in [0.5, 0.6) is 0 Å². The maximum atomic E-state index is 12.5. The summed E-state index contributed by atoms with van der Waals surface area (Å²) in [6.07, 6.45) is 13.9. The second-order valence-electron chi connectivity index (χ2n) is 7.05. The lowest BCUT2D eigenvalue weighted by molar-refractivity contribution is -0.114. The molecule has 0 amide bonds. The van der Waals surface area contributed by atoms with Gasteiger partial charge < -0.3 is 4.74 Å². The Kier molecular flexibility index (Phi) is 11.5. The van der Waals surface area contributed by atoms with E-state index in [0.29, 0.717) is 22.8 Å². The topological polar surface area (TPSA) is 43.4 Å². The van der Waals surface area contributed by atoms with Crippen LogP contribution in [0.1, 0.15) is 79.4 Å². The molecule has 0 aromatic heterocycles. The standard InChI is InChI=1S/C24H33ClO3/c1-5-7-8-9-10-11-12-13-14-20(26)17-21-22(24(27)28-15-6-2)18(3)16-19(4)23(21)25/h9-10,13-14,16H,5-8,11-12,15,17H2,1-4H3/b10-9+,14-13+. The van der Waals surface area contributed by atoms with Crippen molar-refractivity contribution in [3.05, 3.63) is 57.6 Å². The molecule has 1 aromatic rings. The van der Waals surface area contributed by atoms with E-state index in [1.165, 1.54) is 12.8 Å². The van der Waals surface area contributed by atoms with E-state index in [1.54, 1.807) is 6.08 Å². The summed E-state index contributed by atoms with van der Waals surface area (Å²) >= 11 is 6.44. The monoisotopic (exact) mass is 404 g/mol. The Morgan fingerprint density at radius 3 is 2.36 bits per heavy atom. The minimum Gasteiger partial charge on any atom is -0.462 e. The Balaban J connectivity index is 2.81. The Hall–Kier alpha value is -1.87. The van der Waals surface area contributed by atoms with E-state index in [2.05, 4.69) is 19.1 Å². The molecule has 0 heterocycles. The molecule has 0 saturated heterocycles. The fraction of sp³-hybridized carbons (Fsp3) is 0.500. The summed E-state index contributed by atoms with van der Waals surface area (Å²) in [4.78, 5) is 24.9. The lowest BCUT2D eigenvalue weighted by atomic mass is 9.95. The fourth-order valence-electron chi connectivity index (χ4n) is 2.96. The van der Waals surface area contributed by atoms with Crippen LogP contribution < -0.4 is 0 Å². The molecule has 154 valence electrons. The third-order valence-electron chi connectivity index (χ3n) is 4.43. The van der Waals surface area contributed by atoms with Gasteiger partial charge in [-0.3, -0.25) is 4.79 Å². The number of unbranched alkanes of at least 4 members (excludes halogenated alkanes) is 3. The van der Waals surface area contributed by atoms with Crippen LogP contribution in [0, 0.1) is 13.8 Å². The van der Waals surface area contributed by atoms with E-state index in [-0.39, 0.29) is 12.2 Å². The maximum absolute atomic E-state index is 12.5. The quantitative estimate of drug-likeness (QED) is 0.168. The summed E-state index contributed by atoms with van der Waals surface area (Å²) < 4.78 is 5.29. The smallest absolute Gasteiger partial charge is 0.338 e. The first-order chi connectivity index (χ1) is 13.4. The molecule has 0 unspecified atom stereocenters. The fourth-order valence-corrected chi connectivity index (χ4v) is 3.18. The van der Waals surface area contributed by atoms with E-state index in [0.717, 1.165) is 36.8 Å². The number of ketones is 1. The molecule has 1 rings (SSSR count). The number of carbonyl (C=O) groups is 2. The Labute approximate surface area is 174 Å². The predicted molar refractivity (Wildman–Crippen MR) is 117 cm³/mol. The van der Waals surface area contributed by atoms with Gasteiger partial charge in [0.05, 0.1) is 12.2 Å². The summed E-state index contributed by atoms with van der Waals surface area (Å²) in [6.45, 7) is 8.20. The average Bonchev–Trinajstić information content (AvgIpc) is 2.66. The van der Waals surface area contributed by atoms with E-state index in [1.807, 2.05) is 32.9 Å². The third kappa shape index (κ3) is 8.02. The van der Waals surface area contributed by atoms with Gasteiger partial charge in [0, 0.05) is 11.4 Å². The maximum Gasteiger partial charge on any atom is 0.338 e. The van der Waals surface area contributed by atoms with Crippen LogP contribution in [0.2, 0.25) is 5.02 Å². The molecule has 0 radical (unpaired) electrons. The minimum absolute atomic E-state index is 0.0635. The van der Waals surface area contributed by atoms with E-state index >= 15 is 0 Å². The van der Waals surface area contributed by atoms with Gasteiger partial charge in [-0.1, -0.05) is 62.6 Å². The number of hydrogen-bond acceptors (Lipinski definition) is 3. The Morgan fingerprint density at radius 2 is 1.68 bits per heavy atom. The molecule has 3 nitrogen and oxygen atoms in total. The van der Waals surface area contributed by atoms with Crippen molar-refractivity contribution in [1.29, 1.82) is 0 Å². The number of carbonyl (C=O) groups excluding carboxylic acids is 2. The molecular weight excluding hydrogens is 372 g/mol. The summed E-state index contributed by atoms with van der Waals surface area (Å²) in [7, 11) is 0. The van der Waals surface area contributed by atoms with Gasteiger partial charge in [0.1, 0.15) is 0 Å². The molecule has 0 saturated carbocycles. The first-order valence-corrected chi connectivity index (χ1v) is 10.6. The van der Waals surface area contributed by atoms with Gasteiger partial charge in [-0.05, 0) is 62.3 Å². The molecular formula is C24H33ClO3. The molecule has 0 spiro atoms. The van der Waals surface area contributed by atoms with Crippen molar-refractivity contribution in [2.75, 3.05) is 6.61 Å². The lowest BCUT2D eigenvalue weighted by Crippen LogP contribution is -2.14. The Morgan fingerprint density at radius 1 is 1.00 bits per heavy atom. The van der Waals surface area contributed by atoms with E-state index in [9.17, 15) is 9.59 Å². The molecule has 0 N–H and O–H groups in total. The molecule has 28 heavy (non-hydrogen) atoms. The molecule has 0 fully saturated rings. The van der Waals surface area contributed by atoms with Crippen LogP contribution in [0.15, 0.2) is 30.4 Å². The zero-order chi connectivity index (χ0) is 20.9. The Bertz CT molecular complexity index is 717. The number of esters is 1. The second-order valence-corrected chi connectivity index (χ2v) is 7.43. The number of allylic oxidation sites excluding steroid dienone is 4. The van der Waals surface area contributed by atoms with Crippen LogP contribution in [0.25, 0.3) is 0 Å². The lowest BCUT2D eigenvalue weighted by Gasteiger charge is -2.15. The second kappa shape index (κ2) is 13.3. The van der Waals surface area contributed by atoms with Crippen molar-refractivity contribution < 1.29 is 14.3 Å². The molecule has 0 aliphatic heterocycles. The van der Waals surface area contributed by atoms with Gasteiger partial charge in [-0.2, -0.15) is 0 Å². The largest absolute Gasteiger partial charge is 0.462 e. The van der Waals surface area contributed by atoms with Gasteiger partial charge in [0.2, 0.25) is 0 Å². The van der Waals surface area contributed by atoms with Crippen LogP contribution in [-0.4, -0.2) is 18.4 Å². The minimum atomic E-state index is -0.412. The average molecular weight is 405 g/mol. The van der Waals surface area contributed by atoms with Crippen molar-refractivity contribution >= 4 is 23.4 Å². The highest BCUT2D eigenvalue weighted by atomic mass is 35.5.